The van der Waals surface area contributed by atoms with Gasteiger partial charge in [-0.1, -0.05) is 6.07 Å². The summed E-state index contributed by atoms with van der Waals surface area (Å²) in [6, 6.07) is 6.19. The van der Waals surface area contributed by atoms with Crippen molar-refractivity contribution in [1.82, 2.24) is 14.3 Å². The molecule has 1 aromatic heterocycles. The van der Waals surface area contributed by atoms with Crippen molar-refractivity contribution in [3.05, 3.63) is 30.1 Å². The minimum absolute atomic E-state index is 0.0945. The quantitative estimate of drug-likeness (QED) is 0.912. The fourth-order valence-corrected chi connectivity index (χ4v) is 2.48. The average Bonchev–Trinajstić information content (AvgIpc) is 2.79. The molecule has 0 aliphatic rings. The van der Waals surface area contributed by atoms with Gasteiger partial charge in [-0.15, -0.1) is 0 Å². The van der Waals surface area contributed by atoms with E-state index in [-0.39, 0.29) is 5.75 Å². The molecule has 0 amide bonds. The maximum Gasteiger partial charge on any atom is 0.211 e. The van der Waals surface area contributed by atoms with Crippen molar-refractivity contribution in [3.8, 4) is 0 Å². The first-order chi connectivity index (χ1) is 8.93. The summed E-state index contributed by atoms with van der Waals surface area (Å²) in [6.07, 6.45) is 1.81. The third kappa shape index (κ3) is 3.13. The third-order valence-electron chi connectivity index (χ3n) is 3.07. The second-order valence-electron chi connectivity index (χ2n) is 4.79. The smallest absolute Gasteiger partial charge is 0.211 e. The Morgan fingerprint density at radius 2 is 2.11 bits per heavy atom. The van der Waals surface area contributed by atoms with Crippen LogP contribution in [0.1, 0.15) is 32.4 Å². The van der Waals surface area contributed by atoms with Crippen molar-refractivity contribution in [2.75, 3.05) is 5.75 Å². The molecule has 1 heterocycles. The number of benzene rings is 1. The predicted octanol–water partition coefficient (Wildman–Crippen LogP) is 2.06. The molecule has 0 aliphatic carbocycles. The van der Waals surface area contributed by atoms with E-state index in [1.54, 1.807) is 6.92 Å². The lowest BCUT2D eigenvalue weighted by Crippen LogP contribution is -2.24. The highest BCUT2D eigenvalue weighted by Gasteiger charge is 2.08. The van der Waals surface area contributed by atoms with Gasteiger partial charge in [-0.3, -0.25) is 0 Å². The number of nitrogens with one attached hydrogen (secondary N) is 1. The van der Waals surface area contributed by atoms with E-state index in [1.807, 2.05) is 24.5 Å². The maximum atomic E-state index is 11.4. The van der Waals surface area contributed by atoms with Crippen LogP contribution in [0.4, 0.5) is 0 Å². The van der Waals surface area contributed by atoms with Gasteiger partial charge in [0, 0.05) is 12.6 Å². The highest BCUT2D eigenvalue weighted by molar-refractivity contribution is 7.89. The van der Waals surface area contributed by atoms with Crippen LogP contribution < -0.4 is 4.72 Å². The standard InChI is InChI=1S/C13H19N3O2S/c1-4-19(17,18)15-8-11-5-6-13-12(7-11)14-9-16(13)10(2)3/h5-7,9-10,15H,4,8H2,1-3H3. The Kier molecular flexibility index (Phi) is 3.91. The van der Waals surface area contributed by atoms with Gasteiger partial charge in [0.15, 0.2) is 0 Å². The number of imidazole rings is 1. The summed E-state index contributed by atoms with van der Waals surface area (Å²) >= 11 is 0. The summed E-state index contributed by atoms with van der Waals surface area (Å²) in [7, 11) is -3.15. The Morgan fingerprint density at radius 3 is 2.74 bits per heavy atom. The van der Waals surface area contributed by atoms with Crippen LogP contribution >= 0.6 is 0 Å². The molecule has 104 valence electrons. The van der Waals surface area contributed by atoms with Crippen molar-refractivity contribution >= 4 is 21.1 Å². The minimum atomic E-state index is -3.15. The molecule has 19 heavy (non-hydrogen) atoms. The van der Waals surface area contributed by atoms with Crippen LogP contribution in [-0.2, 0) is 16.6 Å². The number of fused-ring (bicyclic) bond motifs is 1. The Balaban J connectivity index is 2.23. The number of sulfonamides is 1. The zero-order chi connectivity index (χ0) is 14.0. The largest absolute Gasteiger partial charge is 0.328 e. The van der Waals surface area contributed by atoms with Gasteiger partial charge >= 0.3 is 0 Å². The first kappa shape index (κ1) is 14.0. The van der Waals surface area contributed by atoms with Crippen molar-refractivity contribution in [2.45, 2.75) is 33.4 Å². The SMILES string of the molecule is CCS(=O)(=O)NCc1ccc2c(c1)ncn2C(C)C. The summed E-state index contributed by atoms with van der Waals surface area (Å²) in [5.74, 6) is 0.0945. The van der Waals surface area contributed by atoms with Gasteiger partial charge in [0.2, 0.25) is 10.0 Å². The number of hydrogen-bond acceptors (Lipinski definition) is 3. The molecule has 0 aliphatic heterocycles. The Bertz CT molecular complexity index is 674. The number of hydrogen-bond donors (Lipinski definition) is 1. The minimum Gasteiger partial charge on any atom is -0.328 e. The summed E-state index contributed by atoms with van der Waals surface area (Å²) in [4.78, 5) is 4.35. The van der Waals surface area contributed by atoms with Crippen LogP contribution in [0.15, 0.2) is 24.5 Å². The summed E-state index contributed by atoms with van der Waals surface area (Å²) in [5.41, 5.74) is 2.87. The second-order valence-corrected chi connectivity index (χ2v) is 6.89. The van der Waals surface area contributed by atoms with E-state index in [9.17, 15) is 8.42 Å². The lowest BCUT2D eigenvalue weighted by atomic mass is 10.2. The molecule has 0 spiro atoms. The van der Waals surface area contributed by atoms with Gasteiger partial charge in [-0.2, -0.15) is 0 Å². The summed E-state index contributed by atoms with van der Waals surface area (Å²) < 4.78 is 27.4. The van der Waals surface area contributed by atoms with E-state index in [0.29, 0.717) is 12.6 Å². The average molecular weight is 281 g/mol. The third-order valence-corrected chi connectivity index (χ3v) is 4.42. The first-order valence-electron chi connectivity index (χ1n) is 6.35. The fraction of sp³-hybridized carbons (Fsp3) is 0.462. The van der Waals surface area contributed by atoms with Crippen LogP contribution in [-0.4, -0.2) is 23.7 Å². The molecule has 0 atom stereocenters. The molecule has 0 saturated heterocycles. The Labute approximate surface area is 113 Å². The normalized spacial score (nSPS) is 12.4. The zero-order valence-corrected chi connectivity index (χ0v) is 12.2. The van der Waals surface area contributed by atoms with E-state index < -0.39 is 10.0 Å². The van der Waals surface area contributed by atoms with Crippen LogP contribution in [0.25, 0.3) is 11.0 Å². The number of aromatic nitrogens is 2. The molecule has 1 aromatic carbocycles. The molecular weight excluding hydrogens is 262 g/mol. The molecule has 0 unspecified atom stereocenters. The predicted molar refractivity (Wildman–Crippen MR) is 76.4 cm³/mol. The molecule has 0 fully saturated rings. The molecule has 0 radical (unpaired) electrons. The van der Waals surface area contributed by atoms with Gasteiger partial charge in [-0.25, -0.2) is 18.1 Å². The van der Waals surface area contributed by atoms with Gasteiger partial charge in [-0.05, 0) is 38.5 Å². The molecular formula is C13H19N3O2S. The van der Waals surface area contributed by atoms with E-state index in [2.05, 4.69) is 28.1 Å². The molecule has 0 bridgehead atoms. The summed E-state index contributed by atoms with van der Waals surface area (Å²) in [6.45, 7) is 6.13. The lowest BCUT2D eigenvalue weighted by molar-refractivity contribution is 0.582. The Morgan fingerprint density at radius 1 is 1.37 bits per heavy atom. The molecule has 2 aromatic rings. The monoisotopic (exact) mass is 281 g/mol. The lowest BCUT2D eigenvalue weighted by Gasteiger charge is -2.08. The van der Waals surface area contributed by atoms with Gasteiger partial charge in [0.05, 0.1) is 23.1 Å². The highest BCUT2D eigenvalue weighted by atomic mass is 32.2. The maximum absolute atomic E-state index is 11.4. The van der Waals surface area contributed by atoms with Crippen molar-refractivity contribution in [3.63, 3.8) is 0 Å². The van der Waals surface area contributed by atoms with Crippen molar-refractivity contribution in [2.24, 2.45) is 0 Å². The molecule has 5 nitrogen and oxygen atoms in total. The van der Waals surface area contributed by atoms with E-state index in [4.69, 9.17) is 0 Å². The fourth-order valence-electron chi connectivity index (χ4n) is 1.89. The molecule has 1 N–H and O–H groups in total. The molecule has 6 heteroatoms. The number of nitrogens with zero attached hydrogens (tertiary/aromatic N) is 2. The van der Waals surface area contributed by atoms with Crippen LogP contribution in [0.5, 0.6) is 0 Å². The van der Waals surface area contributed by atoms with E-state index in [0.717, 1.165) is 16.6 Å². The van der Waals surface area contributed by atoms with Crippen molar-refractivity contribution < 1.29 is 8.42 Å². The van der Waals surface area contributed by atoms with Crippen LogP contribution in [0, 0.1) is 0 Å². The van der Waals surface area contributed by atoms with Crippen LogP contribution in [0.2, 0.25) is 0 Å². The topological polar surface area (TPSA) is 64.0 Å². The van der Waals surface area contributed by atoms with Crippen molar-refractivity contribution in [1.29, 1.82) is 0 Å². The molecule has 0 saturated carbocycles. The van der Waals surface area contributed by atoms with Gasteiger partial charge in [0.25, 0.3) is 0 Å². The molecule has 2 rings (SSSR count). The van der Waals surface area contributed by atoms with E-state index in [1.165, 1.54) is 0 Å². The highest BCUT2D eigenvalue weighted by Crippen LogP contribution is 2.18. The zero-order valence-electron chi connectivity index (χ0n) is 11.4. The van der Waals surface area contributed by atoms with E-state index >= 15 is 0 Å². The first-order valence-corrected chi connectivity index (χ1v) is 8.01. The summed E-state index contributed by atoms with van der Waals surface area (Å²) in [5, 5.41) is 0. The Hall–Kier alpha value is -1.40. The van der Waals surface area contributed by atoms with Gasteiger partial charge < -0.3 is 4.57 Å². The van der Waals surface area contributed by atoms with Crippen LogP contribution in [0.3, 0.4) is 0 Å². The number of rotatable bonds is 5. The second kappa shape index (κ2) is 5.30. The van der Waals surface area contributed by atoms with Gasteiger partial charge in [0.1, 0.15) is 0 Å².